The lowest BCUT2D eigenvalue weighted by Gasteiger charge is -2.10. The number of rotatable bonds is 5. The Bertz CT molecular complexity index is 1030. The van der Waals surface area contributed by atoms with Gasteiger partial charge in [-0.05, 0) is 44.5 Å². The van der Waals surface area contributed by atoms with Gasteiger partial charge in [0.2, 0.25) is 0 Å². The van der Waals surface area contributed by atoms with Gasteiger partial charge in [0, 0.05) is 36.6 Å². The van der Waals surface area contributed by atoms with Gasteiger partial charge in [0.05, 0.1) is 11.4 Å². The molecule has 0 saturated heterocycles. The molecule has 0 fully saturated rings. The van der Waals surface area contributed by atoms with Crippen molar-refractivity contribution in [2.75, 3.05) is 6.54 Å². The summed E-state index contributed by atoms with van der Waals surface area (Å²) in [6, 6.07) is 7.43. The number of nitrogens with one attached hydrogen (secondary N) is 2. The van der Waals surface area contributed by atoms with Gasteiger partial charge < -0.3 is 10.3 Å². The average molecular weight is 363 g/mol. The zero-order valence-electron chi connectivity index (χ0n) is 15.5. The van der Waals surface area contributed by atoms with Crippen molar-refractivity contribution in [3.05, 3.63) is 75.4 Å². The van der Waals surface area contributed by atoms with Gasteiger partial charge in [0.15, 0.2) is 0 Å². The maximum absolute atomic E-state index is 12.4. The van der Waals surface area contributed by atoms with Gasteiger partial charge in [-0.15, -0.1) is 0 Å². The van der Waals surface area contributed by atoms with E-state index < -0.39 is 0 Å². The van der Waals surface area contributed by atoms with E-state index in [2.05, 4.69) is 25.3 Å². The first kappa shape index (κ1) is 18.4. The minimum Gasteiger partial charge on any atom is -0.351 e. The highest BCUT2D eigenvalue weighted by atomic mass is 16.2. The summed E-state index contributed by atoms with van der Waals surface area (Å²) in [6.45, 7) is 5.71. The predicted molar refractivity (Wildman–Crippen MR) is 103 cm³/mol. The monoisotopic (exact) mass is 363 g/mol. The summed E-state index contributed by atoms with van der Waals surface area (Å²) in [4.78, 5) is 40.3. The third-order valence-corrected chi connectivity index (χ3v) is 4.17. The van der Waals surface area contributed by atoms with E-state index in [4.69, 9.17) is 0 Å². The van der Waals surface area contributed by atoms with Crippen LogP contribution in [0.1, 0.15) is 33.1 Å². The Labute approximate surface area is 156 Å². The number of aromatic amines is 1. The van der Waals surface area contributed by atoms with Crippen LogP contribution in [0.15, 0.2) is 41.5 Å². The predicted octanol–water partition coefficient (Wildman–Crippen LogP) is 2.12. The first-order valence-corrected chi connectivity index (χ1v) is 8.68. The fourth-order valence-electron chi connectivity index (χ4n) is 2.96. The van der Waals surface area contributed by atoms with Crippen LogP contribution in [0.3, 0.4) is 0 Å². The Kier molecular flexibility index (Phi) is 5.40. The zero-order chi connectivity index (χ0) is 19.4. The van der Waals surface area contributed by atoms with E-state index in [-0.39, 0.29) is 17.0 Å². The first-order chi connectivity index (χ1) is 13.0. The number of nitrogens with zero attached hydrogens (tertiary/aromatic N) is 3. The highest BCUT2D eigenvalue weighted by molar-refractivity contribution is 5.95. The van der Waals surface area contributed by atoms with Gasteiger partial charge in [-0.25, -0.2) is 9.97 Å². The molecule has 0 spiro atoms. The smallest absolute Gasteiger partial charge is 0.261 e. The molecule has 0 radical (unpaired) electrons. The third kappa shape index (κ3) is 4.25. The minimum atomic E-state index is -0.390. The second-order valence-electron chi connectivity index (χ2n) is 6.34. The lowest BCUT2D eigenvalue weighted by atomic mass is 10.1. The van der Waals surface area contributed by atoms with E-state index in [0.717, 1.165) is 22.6 Å². The van der Waals surface area contributed by atoms with Crippen LogP contribution in [0.4, 0.5) is 0 Å². The first-order valence-electron chi connectivity index (χ1n) is 8.68. The number of aromatic nitrogens is 4. The Morgan fingerprint density at radius 3 is 2.70 bits per heavy atom. The highest BCUT2D eigenvalue weighted by Crippen LogP contribution is 2.19. The Morgan fingerprint density at radius 1 is 1.19 bits per heavy atom. The van der Waals surface area contributed by atoms with Crippen LogP contribution in [-0.2, 0) is 6.42 Å². The number of carbonyl (C=O) groups is 1. The van der Waals surface area contributed by atoms with Crippen molar-refractivity contribution in [3.63, 3.8) is 0 Å². The lowest BCUT2D eigenvalue weighted by molar-refractivity contribution is 0.0952. The second-order valence-corrected chi connectivity index (χ2v) is 6.34. The molecule has 3 rings (SSSR count). The molecule has 27 heavy (non-hydrogen) atoms. The number of H-pyrrole nitrogens is 1. The van der Waals surface area contributed by atoms with E-state index in [1.807, 2.05) is 25.1 Å². The molecule has 3 aromatic heterocycles. The van der Waals surface area contributed by atoms with Crippen molar-refractivity contribution in [2.24, 2.45) is 0 Å². The van der Waals surface area contributed by atoms with Crippen LogP contribution >= 0.6 is 0 Å². The number of pyridine rings is 2. The summed E-state index contributed by atoms with van der Waals surface area (Å²) >= 11 is 0. The van der Waals surface area contributed by atoms with Crippen molar-refractivity contribution in [2.45, 2.75) is 27.2 Å². The summed E-state index contributed by atoms with van der Waals surface area (Å²) in [5.41, 5.74) is 3.56. The Balaban J connectivity index is 1.76. The molecule has 138 valence electrons. The fourth-order valence-corrected chi connectivity index (χ4v) is 2.96. The van der Waals surface area contributed by atoms with Crippen LogP contribution in [0.25, 0.3) is 11.3 Å². The largest absolute Gasteiger partial charge is 0.351 e. The van der Waals surface area contributed by atoms with E-state index in [1.54, 1.807) is 32.3 Å². The fraction of sp³-hybridized carbons (Fsp3) is 0.250. The van der Waals surface area contributed by atoms with Gasteiger partial charge in [-0.2, -0.15) is 0 Å². The Hall–Kier alpha value is -3.35. The number of aryl methyl sites for hydroxylation is 3. The molecular formula is C20H21N5O2. The molecular weight excluding hydrogens is 342 g/mol. The van der Waals surface area contributed by atoms with E-state index in [0.29, 0.717) is 24.4 Å². The number of hydrogen-bond acceptors (Lipinski definition) is 5. The summed E-state index contributed by atoms with van der Waals surface area (Å²) < 4.78 is 0. The molecule has 3 aromatic rings. The molecule has 2 N–H and O–H groups in total. The molecule has 0 bridgehead atoms. The molecule has 7 heteroatoms. The second kappa shape index (κ2) is 7.90. The third-order valence-electron chi connectivity index (χ3n) is 4.17. The molecule has 0 aliphatic heterocycles. The summed E-state index contributed by atoms with van der Waals surface area (Å²) in [7, 11) is 0. The molecule has 0 saturated carbocycles. The van der Waals surface area contributed by atoms with Crippen molar-refractivity contribution in [3.8, 4) is 11.3 Å². The van der Waals surface area contributed by atoms with Crippen LogP contribution < -0.4 is 10.9 Å². The van der Waals surface area contributed by atoms with Gasteiger partial charge in [-0.3, -0.25) is 14.6 Å². The maximum Gasteiger partial charge on any atom is 0.261 e. The summed E-state index contributed by atoms with van der Waals surface area (Å²) in [5.74, 6) is 0.265. The molecule has 1 amide bonds. The number of hydrogen-bond donors (Lipinski definition) is 2. The molecule has 7 nitrogen and oxygen atoms in total. The normalized spacial score (nSPS) is 10.6. The molecule has 3 heterocycles. The van der Waals surface area contributed by atoms with Gasteiger partial charge in [-0.1, -0.05) is 6.07 Å². The standard InChI is InChI=1S/C20H21N5O2/c1-12-10-13(2)24-20(27)18(12)19(26)22-9-7-17-15(11-23-14(3)25-17)16-6-4-5-8-21-16/h4-6,8,10-11H,7,9H2,1-3H3,(H,22,26)(H,24,27). The van der Waals surface area contributed by atoms with Crippen molar-refractivity contribution < 1.29 is 4.79 Å². The molecule has 0 aromatic carbocycles. The highest BCUT2D eigenvalue weighted by Gasteiger charge is 2.15. The number of amides is 1. The van der Waals surface area contributed by atoms with Crippen LogP contribution in [0.2, 0.25) is 0 Å². The van der Waals surface area contributed by atoms with Gasteiger partial charge in [0.1, 0.15) is 11.4 Å². The molecule has 0 aliphatic rings. The van der Waals surface area contributed by atoms with E-state index in [1.165, 1.54) is 0 Å². The molecule has 0 atom stereocenters. The summed E-state index contributed by atoms with van der Waals surface area (Å²) in [6.07, 6.45) is 3.97. The van der Waals surface area contributed by atoms with Crippen molar-refractivity contribution in [1.29, 1.82) is 0 Å². The average Bonchev–Trinajstić information content (AvgIpc) is 2.62. The van der Waals surface area contributed by atoms with Crippen molar-refractivity contribution in [1.82, 2.24) is 25.3 Å². The van der Waals surface area contributed by atoms with Crippen LogP contribution in [0, 0.1) is 20.8 Å². The lowest BCUT2D eigenvalue weighted by Crippen LogP contribution is -2.32. The van der Waals surface area contributed by atoms with E-state index >= 15 is 0 Å². The minimum absolute atomic E-state index is 0.143. The molecule has 0 aliphatic carbocycles. The van der Waals surface area contributed by atoms with Crippen LogP contribution in [0.5, 0.6) is 0 Å². The van der Waals surface area contributed by atoms with Crippen molar-refractivity contribution >= 4 is 5.91 Å². The number of carbonyl (C=O) groups excluding carboxylic acids is 1. The summed E-state index contributed by atoms with van der Waals surface area (Å²) in [5, 5.41) is 2.81. The van der Waals surface area contributed by atoms with E-state index in [9.17, 15) is 9.59 Å². The van der Waals surface area contributed by atoms with Crippen LogP contribution in [-0.4, -0.2) is 32.4 Å². The Morgan fingerprint density at radius 2 is 2.00 bits per heavy atom. The van der Waals surface area contributed by atoms with Gasteiger partial charge in [0.25, 0.3) is 11.5 Å². The quantitative estimate of drug-likeness (QED) is 0.723. The zero-order valence-corrected chi connectivity index (χ0v) is 15.5. The maximum atomic E-state index is 12.4. The van der Waals surface area contributed by atoms with Gasteiger partial charge >= 0.3 is 0 Å². The molecule has 0 unspecified atom stereocenters. The SMILES string of the molecule is Cc1ncc(-c2ccccn2)c(CCNC(=O)c2c(C)cc(C)[nH]c2=O)n1. The topological polar surface area (TPSA) is 101 Å².